The molecule has 0 bridgehead atoms. The Balaban J connectivity index is 1.61. The Bertz CT molecular complexity index is 843. The summed E-state index contributed by atoms with van der Waals surface area (Å²) in [6, 6.07) is 6.01. The number of hydrogen-bond acceptors (Lipinski definition) is 4. The molecule has 31 heavy (non-hydrogen) atoms. The van der Waals surface area contributed by atoms with E-state index in [2.05, 4.69) is 10.0 Å². The van der Waals surface area contributed by atoms with Gasteiger partial charge >= 0.3 is 6.03 Å². The molecule has 3 rings (SSSR count). The van der Waals surface area contributed by atoms with Crippen molar-refractivity contribution >= 4 is 16.1 Å². The zero-order valence-electron chi connectivity index (χ0n) is 18.3. The first-order chi connectivity index (χ1) is 14.8. The van der Waals surface area contributed by atoms with Crippen LogP contribution in [0.2, 0.25) is 0 Å². The van der Waals surface area contributed by atoms with Crippen LogP contribution in [0.3, 0.4) is 0 Å². The summed E-state index contributed by atoms with van der Waals surface area (Å²) in [5.41, 5.74) is 0.771. The molecule has 2 N–H and O–H groups in total. The first kappa shape index (κ1) is 23.9. The topological polar surface area (TPSA) is 87.7 Å². The Morgan fingerprint density at radius 2 is 1.90 bits per heavy atom. The monoisotopic (exact) mass is 455 g/mol. The van der Waals surface area contributed by atoms with Gasteiger partial charge in [-0.05, 0) is 63.0 Å². The second-order valence-electron chi connectivity index (χ2n) is 8.56. The van der Waals surface area contributed by atoms with Gasteiger partial charge in [-0.15, -0.1) is 0 Å². The van der Waals surface area contributed by atoms with E-state index in [0.717, 1.165) is 43.9 Å². The first-order valence-corrected chi connectivity index (χ1v) is 13.1. The van der Waals surface area contributed by atoms with Crippen molar-refractivity contribution in [2.75, 3.05) is 26.0 Å². The summed E-state index contributed by atoms with van der Waals surface area (Å²) in [6.07, 6.45) is 5.89. The smallest absolute Gasteiger partial charge is 0.317 e. The van der Waals surface area contributed by atoms with Gasteiger partial charge in [0, 0.05) is 19.1 Å². The normalized spacial score (nSPS) is 27.1. The highest BCUT2D eigenvalue weighted by Crippen LogP contribution is 2.35. The Labute approximate surface area is 184 Å². The molecule has 1 heterocycles. The number of urea groups is 1. The summed E-state index contributed by atoms with van der Waals surface area (Å²) < 4.78 is 46.7. The van der Waals surface area contributed by atoms with E-state index < -0.39 is 10.0 Å². The lowest BCUT2D eigenvalue weighted by Crippen LogP contribution is -2.60. The summed E-state index contributed by atoms with van der Waals surface area (Å²) in [6.45, 7) is 3.21. The minimum absolute atomic E-state index is 0.0277. The van der Waals surface area contributed by atoms with Crippen molar-refractivity contribution in [3.63, 3.8) is 0 Å². The fourth-order valence-electron chi connectivity index (χ4n) is 4.76. The molecule has 0 aromatic heterocycles. The Hall–Kier alpha value is -1.71. The van der Waals surface area contributed by atoms with Crippen molar-refractivity contribution in [1.82, 2.24) is 14.9 Å². The number of halogens is 1. The molecule has 2 atom stereocenters. The van der Waals surface area contributed by atoms with Crippen molar-refractivity contribution in [1.29, 1.82) is 0 Å². The van der Waals surface area contributed by atoms with Gasteiger partial charge in [0.2, 0.25) is 10.0 Å². The van der Waals surface area contributed by atoms with E-state index >= 15 is 0 Å². The number of likely N-dealkylation sites (tertiary alicyclic amines) is 1. The van der Waals surface area contributed by atoms with Gasteiger partial charge in [-0.1, -0.05) is 18.2 Å². The molecule has 1 aliphatic heterocycles. The van der Waals surface area contributed by atoms with Gasteiger partial charge in [-0.2, -0.15) is 0 Å². The van der Waals surface area contributed by atoms with Crippen LogP contribution in [0.15, 0.2) is 24.3 Å². The van der Waals surface area contributed by atoms with Gasteiger partial charge in [-0.3, -0.25) is 0 Å². The van der Waals surface area contributed by atoms with Gasteiger partial charge in [-0.25, -0.2) is 22.3 Å². The first-order valence-electron chi connectivity index (χ1n) is 11.2. The van der Waals surface area contributed by atoms with Crippen molar-refractivity contribution in [3.8, 4) is 0 Å². The standard InChI is InChI=1S/C22H34FN3O4S/c1-3-24-22(27)26-14-6-9-20(25-31(2,28)29)21(26)15-30-17-12-10-16(11-13-17)18-7-4-5-8-19(18)23/h4-5,7-8,16-17,20-21,25H,3,6,9-15H2,1-2H3,(H,24,27)/t16-,17+,20-,21+/m1/s1. The van der Waals surface area contributed by atoms with Crippen molar-refractivity contribution in [2.45, 2.75) is 69.6 Å². The molecule has 1 saturated heterocycles. The van der Waals surface area contributed by atoms with Gasteiger partial charge in [0.05, 0.1) is 25.0 Å². The largest absolute Gasteiger partial charge is 0.376 e. The number of sulfonamides is 1. The Kier molecular flexibility index (Phi) is 8.30. The molecule has 1 aromatic carbocycles. The fourth-order valence-corrected chi connectivity index (χ4v) is 5.59. The van der Waals surface area contributed by atoms with E-state index in [1.165, 1.54) is 6.07 Å². The lowest BCUT2D eigenvalue weighted by Gasteiger charge is -2.42. The highest BCUT2D eigenvalue weighted by Gasteiger charge is 2.37. The number of carbonyl (C=O) groups excluding carboxylic acids is 1. The maximum atomic E-state index is 14.1. The molecule has 0 spiro atoms. The number of amides is 2. The maximum Gasteiger partial charge on any atom is 0.317 e. The predicted octanol–water partition coefficient (Wildman–Crippen LogP) is 2.98. The van der Waals surface area contributed by atoms with Gasteiger partial charge in [0.25, 0.3) is 0 Å². The molecule has 1 aliphatic carbocycles. The molecule has 9 heteroatoms. The lowest BCUT2D eigenvalue weighted by atomic mass is 9.82. The SMILES string of the molecule is CCNC(=O)N1CCC[C@@H](NS(C)(=O)=O)[C@@H]1CO[C@H]1CC[C@@H](c2ccccc2F)CC1. The third kappa shape index (κ3) is 6.63. The van der Waals surface area contributed by atoms with Crippen LogP contribution in [0.5, 0.6) is 0 Å². The number of hydrogen-bond donors (Lipinski definition) is 2. The number of benzene rings is 1. The van der Waals surface area contributed by atoms with Crippen molar-refractivity contribution < 1.29 is 22.3 Å². The molecule has 1 saturated carbocycles. The number of nitrogens with one attached hydrogen (secondary N) is 2. The summed E-state index contributed by atoms with van der Waals surface area (Å²) in [5, 5.41) is 2.81. The summed E-state index contributed by atoms with van der Waals surface area (Å²) >= 11 is 0. The summed E-state index contributed by atoms with van der Waals surface area (Å²) in [4.78, 5) is 14.2. The van der Waals surface area contributed by atoms with Crippen LogP contribution in [0.25, 0.3) is 0 Å². The van der Waals surface area contributed by atoms with Crippen LogP contribution in [0.4, 0.5) is 9.18 Å². The van der Waals surface area contributed by atoms with Crippen LogP contribution < -0.4 is 10.0 Å². The second-order valence-corrected chi connectivity index (χ2v) is 10.3. The quantitative estimate of drug-likeness (QED) is 0.662. The van der Waals surface area contributed by atoms with Crippen LogP contribution >= 0.6 is 0 Å². The highest BCUT2D eigenvalue weighted by atomic mass is 32.2. The van der Waals surface area contributed by atoms with E-state index in [4.69, 9.17) is 4.74 Å². The lowest BCUT2D eigenvalue weighted by molar-refractivity contribution is -0.0174. The molecule has 2 aliphatic rings. The molecular weight excluding hydrogens is 421 g/mol. The average Bonchev–Trinajstić information content (AvgIpc) is 2.72. The Morgan fingerprint density at radius 3 is 2.55 bits per heavy atom. The predicted molar refractivity (Wildman–Crippen MR) is 118 cm³/mol. The Morgan fingerprint density at radius 1 is 1.19 bits per heavy atom. The molecule has 2 amide bonds. The van der Waals surface area contributed by atoms with Gasteiger partial charge in [0.1, 0.15) is 5.82 Å². The van der Waals surface area contributed by atoms with Gasteiger partial charge in [0.15, 0.2) is 0 Å². The highest BCUT2D eigenvalue weighted by molar-refractivity contribution is 7.88. The number of piperidine rings is 1. The average molecular weight is 456 g/mol. The van der Waals surface area contributed by atoms with E-state index in [1.807, 2.05) is 19.1 Å². The zero-order chi connectivity index (χ0) is 22.4. The third-order valence-corrected chi connectivity index (χ3v) is 6.99. The van der Waals surface area contributed by atoms with E-state index in [-0.39, 0.29) is 42.6 Å². The van der Waals surface area contributed by atoms with E-state index in [0.29, 0.717) is 19.5 Å². The van der Waals surface area contributed by atoms with Crippen molar-refractivity contribution in [2.24, 2.45) is 0 Å². The number of ether oxygens (including phenoxy) is 1. The molecular formula is C22H34FN3O4S. The van der Waals surface area contributed by atoms with E-state index in [9.17, 15) is 17.6 Å². The van der Waals surface area contributed by atoms with Gasteiger partial charge < -0.3 is 15.0 Å². The molecule has 1 aromatic rings. The summed E-state index contributed by atoms with van der Waals surface area (Å²) in [7, 11) is -3.40. The molecule has 0 unspecified atom stereocenters. The van der Waals surface area contributed by atoms with E-state index in [1.54, 1.807) is 11.0 Å². The summed E-state index contributed by atoms with van der Waals surface area (Å²) in [5.74, 6) is 0.0450. The maximum absolute atomic E-state index is 14.1. The minimum atomic E-state index is -3.40. The molecule has 7 nitrogen and oxygen atoms in total. The number of rotatable bonds is 7. The molecule has 2 fully saturated rings. The van der Waals surface area contributed by atoms with Crippen LogP contribution in [0.1, 0.15) is 56.9 Å². The minimum Gasteiger partial charge on any atom is -0.376 e. The second kappa shape index (κ2) is 10.7. The van der Waals surface area contributed by atoms with Crippen molar-refractivity contribution in [3.05, 3.63) is 35.6 Å². The van der Waals surface area contributed by atoms with Crippen LogP contribution in [0, 0.1) is 5.82 Å². The fraction of sp³-hybridized carbons (Fsp3) is 0.682. The zero-order valence-corrected chi connectivity index (χ0v) is 19.2. The molecule has 0 radical (unpaired) electrons. The molecule has 174 valence electrons. The van der Waals surface area contributed by atoms with Crippen LogP contribution in [-0.4, -0.2) is 63.5 Å². The third-order valence-electron chi connectivity index (χ3n) is 6.26. The number of carbonyl (C=O) groups is 1. The van der Waals surface area contributed by atoms with Crippen LogP contribution in [-0.2, 0) is 14.8 Å². The number of nitrogens with zero attached hydrogens (tertiary/aromatic N) is 1.